The molecule has 0 saturated heterocycles. The summed E-state index contributed by atoms with van der Waals surface area (Å²) in [6.07, 6.45) is 4.16. The maximum absolute atomic E-state index is 12.9. The number of hydrogen-bond acceptors (Lipinski definition) is 4. The first-order valence-corrected chi connectivity index (χ1v) is 9.35. The van der Waals surface area contributed by atoms with Gasteiger partial charge in [-0.3, -0.25) is 9.00 Å². The summed E-state index contributed by atoms with van der Waals surface area (Å²) >= 11 is 0. The molecule has 1 N–H and O–H groups in total. The third-order valence-electron chi connectivity index (χ3n) is 3.82. The van der Waals surface area contributed by atoms with Crippen molar-refractivity contribution in [2.45, 2.75) is 28.9 Å². The molecule has 1 amide bonds. The van der Waals surface area contributed by atoms with Gasteiger partial charge in [-0.15, -0.1) is 3.89 Å². The SMILES string of the molecule is CS(=O)C1(CNC(=O)c2cccc(S(=O)(=O)F)c2)CCC1. The molecule has 1 atom stereocenters. The summed E-state index contributed by atoms with van der Waals surface area (Å²) < 4.78 is 45.9. The van der Waals surface area contributed by atoms with Gasteiger partial charge in [-0.25, -0.2) is 0 Å². The zero-order chi connectivity index (χ0) is 15.7. The Morgan fingerprint density at radius 1 is 1.43 bits per heavy atom. The molecule has 1 unspecified atom stereocenters. The van der Waals surface area contributed by atoms with Gasteiger partial charge in [-0.1, -0.05) is 12.5 Å². The van der Waals surface area contributed by atoms with E-state index in [0.29, 0.717) is 0 Å². The Bertz CT molecular complexity index is 683. The number of rotatable bonds is 5. The van der Waals surface area contributed by atoms with E-state index >= 15 is 0 Å². The van der Waals surface area contributed by atoms with E-state index in [4.69, 9.17) is 0 Å². The second kappa shape index (κ2) is 5.84. The minimum absolute atomic E-state index is 0.0603. The highest BCUT2D eigenvalue weighted by atomic mass is 32.3. The Balaban J connectivity index is 2.09. The summed E-state index contributed by atoms with van der Waals surface area (Å²) in [5.74, 6) is -0.503. The van der Waals surface area contributed by atoms with Gasteiger partial charge in [0.15, 0.2) is 0 Å². The fraction of sp³-hybridized carbons (Fsp3) is 0.462. The summed E-state index contributed by atoms with van der Waals surface area (Å²) in [5, 5.41) is 2.65. The molecule has 21 heavy (non-hydrogen) atoms. The number of amides is 1. The molecule has 1 saturated carbocycles. The number of carbonyl (C=O) groups excluding carboxylic acids is 1. The maximum Gasteiger partial charge on any atom is 0.332 e. The van der Waals surface area contributed by atoms with Crippen LogP contribution < -0.4 is 5.32 Å². The summed E-state index contributed by atoms with van der Waals surface area (Å²) in [5.41, 5.74) is 0.0603. The molecule has 2 rings (SSSR count). The Morgan fingerprint density at radius 2 is 2.10 bits per heavy atom. The molecule has 0 spiro atoms. The first-order valence-electron chi connectivity index (χ1n) is 6.41. The van der Waals surface area contributed by atoms with Gasteiger partial charge in [0.05, 0.1) is 9.64 Å². The topological polar surface area (TPSA) is 80.3 Å². The van der Waals surface area contributed by atoms with Crippen LogP contribution in [0, 0.1) is 0 Å². The van der Waals surface area contributed by atoms with Gasteiger partial charge in [0, 0.05) is 29.2 Å². The van der Waals surface area contributed by atoms with Crippen molar-refractivity contribution >= 4 is 26.9 Å². The van der Waals surface area contributed by atoms with Crippen LogP contribution in [0.4, 0.5) is 3.89 Å². The molecule has 1 aliphatic rings. The van der Waals surface area contributed by atoms with Gasteiger partial charge in [0.1, 0.15) is 0 Å². The highest BCUT2D eigenvalue weighted by Crippen LogP contribution is 2.36. The van der Waals surface area contributed by atoms with E-state index < -0.39 is 31.8 Å². The van der Waals surface area contributed by atoms with Crippen LogP contribution in [0.1, 0.15) is 29.6 Å². The number of benzene rings is 1. The zero-order valence-corrected chi connectivity index (χ0v) is 13.1. The van der Waals surface area contributed by atoms with E-state index in [2.05, 4.69) is 5.32 Å². The molecule has 0 heterocycles. The van der Waals surface area contributed by atoms with Crippen LogP contribution in [0.2, 0.25) is 0 Å². The van der Waals surface area contributed by atoms with Crippen molar-refractivity contribution in [3.8, 4) is 0 Å². The van der Waals surface area contributed by atoms with Crippen LogP contribution in [0.15, 0.2) is 29.2 Å². The minimum atomic E-state index is -4.84. The van der Waals surface area contributed by atoms with Crippen molar-refractivity contribution in [3.63, 3.8) is 0 Å². The van der Waals surface area contributed by atoms with Crippen LogP contribution >= 0.6 is 0 Å². The van der Waals surface area contributed by atoms with E-state index in [0.717, 1.165) is 31.4 Å². The van der Waals surface area contributed by atoms with Crippen molar-refractivity contribution in [1.82, 2.24) is 5.32 Å². The smallest absolute Gasteiger partial charge is 0.332 e. The van der Waals surface area contributed by atoms with Gasteiger partial charge in [0.25, 0.3) is 5.91 Å². The zero-order valence-electron chi connectivity index (χ0n) is 11.5. The van der Waals surface area contributed by atoms with E-state index in [9.17, 15) is 21.3 Å². The number of halogens is 1. The normalized spacial score (nSPS) is 18.6. The third-order valence-corrected chi connectivity index (χ3v) is 6.41. The number of carbonyl (C=O) groups is 1. The molecule has 1 aromatic carbocycles. The summed E-state index contributed by atoms with van der Waals surface area (Å²) in [6.45, 7) is 0.265. The lowest BCUT2D eigenvalue weighted by Crippen LogP contribution is -2.50. The van der Waals surface area contributed by atoms with Crippen molar-refractivity contribution < 1.29 is 21.3 Å². The van der Waals surface area contributed by atoms with Crippen molar-refractivity contribution in [1.29, 1.82) is 0 Å². The van der Waals surface area contributed by atoms with E-state index in [1.54, 1.807) is 6.26 Å². The number of nitrogens with one attached hydrogen (secondary N) is 1. The fourth-order valence-corrected chi connectivity index (χ4v) is 3.92. The van der Waals surface area contributed by atoms with Crippen LogP contribution in [0.25, 0.3) is 0 Å². The lowest BCUT2D eigenvalue weighted by molar-refractivity contribution is 0.0943. The van der Waals surface area contributed by atoms with Crippen LogP contribution in [0.5, 0.6) is 0 Å². The Labute approximate surface area is 125 Å². The van der Waals surface area contributed by atoms with Gasteiger partial charge in [0.2, 0.25) is 0 Å². The average Bonchev–Trinajstić information content (AvgIpc) is 2.36. The van der Waals surface area contributed by atoms with Gasteiger partial charge >= 0.3 is 10.2 Å². The molecule has 5 nitrogen and oxygen atoms in total. The molecular formula is C13H16FNO4S2. The van der Waals surface area contributed by atoms with Crippen LogP contribution in [-0.4, -0.2) is 36.1 Å². The Morgan fingerprint density at radius 3 is 2.57 bits per heavy atom. The van der Waals surface area contributed by atoms with Crippen molar-refractivity contribution in [2.24, 2.45) is 0 Å². The lowest BCUT2D eigenvalue weighted by Gasteiger charge is -2.39. The van der Waals surface area contributed by atoms with Gasteiger partial charge < -0.3 is 5.32 Å². The predicted octanol–water partition coefficient (Wildman–Crippen LogP) is 1.38. The third kappa shape index (κ3) is 3.49. The monoisotopic (exact) mass is 333 g/mol. The Kier molecular flexibility index (Phi) is 4.48. The molecule has 0 bridgehead atoms. The highest BCUT2D eigenvalue weighted by molar-refractivity contribution is 7.86. The molecule has 0 aromatic heterocycles. The molecule has 8 heteroatoms. The summed E-state index contributed by atoms with van der Waals surface area (Å²) in [7, 11) is -5.88. The van der Waals surface area contributed by atoms with Gasteiger partial charge in [-0.05, 0) is 31.0 Å². The van der Waals surface area contributed by atoms with E-state index in [1.165, 1.54) is 12.1 Å². The van der Waals surface area contributed by atoms with Crippen LogP contribution in [-0.2, 0) is 21.0 Å². The second-order valence-corrected chi connectivity index (χ2v) is 8.26. The summed E-state index contributed by atoms with van der Waals surface area (Å²) in [4.78, 5) is 11.5. The predicted molar refractivity (Wildman–Crippen MR) is 77.7 cm³/mol. The minimum Gasteiger partial charge on any atom is -0.351 e. The van der Waals surface area contributed by atoms with Crippen molar-refractivity contribution in [2.75, 3.05) is 12.8 Å². The molecule has 116 valence electrons. The highest BCUT2D eigenvalue weighted by Gasteiger charge is 2.41. The van der Waals surface area contributed by atoms with E-state index in [1.807, 2.05) is 0 Å². The molecule has 0 radical (unpaired) electrons. The second-order valence-electron chi connectivity index (χ2n) is 5.14. The Hall–Kier alpha value is -1.28. The lowest BCUT2D eigenvalue weighted by atomic mass is 9.84. The van der Waals surface area contributed by atoms with E-state index in [-0.39, 0.29) is 16.9 Å². The summed E-state index contributed by atoms with van der Waals surface area (Å²) in [6, 6.07) is 4.78. The molecule has 1 fully saturated rings. The van der Waals surface area contributed by atoms with Crippen LogP contribution in [0.3, 0.4) is 0 Å². The molecule has 1 aromatic rings. The first kappa shape index (κ1) is 16.1. The standard InChI is InChI=1S/C13H16FNO4S2/c1-20(17)13(6-3-7-13)9-15-12(16)10-4-2-5-11(8-10)21(14,18)19/h2,4-5,8H,3,6-7,9H2,1H3,(H,15,16). The molecule has 1 aliphatic carbocycles. The number of hydrogen-bond donors (Lipinski definition) is 1. The molecular weight excluding hydrogens is 317 g/mol. The first-order chi connectivity index (χ1) is 9.74. The van der Waals surface area contributed by atoms with Gasteiger partial charge in [-0.2, -0.15) is 8.42 Å². The van der Waals surface area contributed by atoms with Crippen molar-refractivity contribution in [3.05, 3.63) is 29.8 Å². The average molecular weight is 333 g/mol. The maximum atomic E-state index is 12.9. The quantitative estimate of drug-likeness (QED) is 0.826. The molecule has 0 aliphatic heterocycles. The largest absolute Gasteiger partial charge is 0.351 e. The fourth-order valence-electron chi connectivity index (χ4n) is 2.27.